The number of aromatic nitrogens is 2. The highest BCUT2D eigenvalue weighted by Gasteiger charge is 2.33. The molecule has 1 aromatic carbocycles. The zero-order valence-corrected chi connectivity index (χ0v) is 17.1. The second kappa shape index (κ2) is 7.55. The molecule has 150 valence electrons. The van der Waals surface area contributed by atoms with Gasteiger partial charge < -0.3 is 5.32 Å². The topological polar surface area (TPSA) is 95.5 Å². The van der Waals surface area contributed by atoms with Crippen molar-refractivity contribution in [3.05, 3.63) is 29.5 Å². The minimum atomic E-state index is -3.64. The average Bonchev–Trinajstić information content (AvgIpc) is 3.51. The molecule has 0 bridgehead atoms. The molecule has 1 saturated carbocycles. The Kier molecular flexibility index (Phi) is 5.26. The SMILES string of the molecule is CC(C(=O)NC1CC1)N1CCN(S(=O)(=O)c2ccc3nc(Cl)cnc3c2)CC1. The molecule has 1 unspecified atom stereocenters. The number of hydrogen-bond donors (Lipinski definition) is 1. The number of piperazine rings is 1. The summed E-state index contributed by atoms with van der Waals surface area (Å²) in [5.41, 5.74) is 1.03. The van der Waals surface area contributed by atoms with Crippen LogP contribution in [0.2, 0.25) is 5.15 Å². The van der Waals surface area contributed by atoms with Crippen LogP contribution in [0, 0.1) is 0 Å². The van der Waals surface area contributed by atoms with E-state index < -0.39 is 10.0 Å². The highest BCUT2D eigenvalue weighted by molar-refractivity contribution is 7.89. The maximum atomic E-state index is 13.0. The molecule has 8 nitrogen and oxygen atoms in total. The minimum absolute atomic E-state index is 0.0190. The average molecular weight is 424 g/mol. The second-order valence-corrected chi connectivity index (χ2v) is 9.57. The Morgan fingerprint density at radius 3 is 2.61 bits per heavy atom. The van der Waals surface area contributed by atoms with Crippen LogP contribution in [0.15, 0.2) is 29.3 Å². The van der Waals surface area contributed by atoms with E-state index in [9.17, 15) is 13.2 Å². The van der Waals surface area contributed by atoms with Crippen molar-refractivity contribution in [2.45, 2.75) is 36.7 Å². The Balaban J connectivity index is 1.44. The lowest BCUT2D eigenvalue weighted by atomic mass is 10.2. The molecular formula is C18H22ClN5O3S. The van der Waals surface area contributed by atoms with Crippen molar-refractivity contribution < 1.29 is 13.2 Å². The molecule has 1 aliphatic carbocycles. The largest absolute Gasteiger partial charge is 0.352 e. The number of sulfonamides is 1. The van der Waals surface area contributed by atoms with Crippen LogP contribution in [0.25, 0.3) is 11.0 Å². The summed E-state index contributed by atoms with van der Waals surface area (Å²) >= 11 is 5.83. The van der Waals surface area contributed by atoms with Gasteiger partial charge in [0.05, 0.1) is 28.2 Å². The molecule has 1 saturated heterocycles. The van der Waals surface area contributed by atoms with E-state index in [4.69, 9.17) is 11.6 Å². The molecule has 4 rings (SSSR count). The Hall–Kier alpha value is -1.81. The standard InChI is InChI=1S/C18H22ClN5O3S/c1-12(18(25)21-13-2-3-13)23-6-8-24(9-7-23)28(26,27)14-4-5-15-16(10-14)20-11-17(19)22-15/h4-5,10-13H,2-3,6-9H2,1H3,(H,21,25). The molecule has 28 heavy (non-hydrogen) atoms. The van der Waals surface area contributed by atoms with Crippen molar-refractivity contribution in [2.75, 3.05) is 26.2 Å². The van der Waals surface area contributed by atoms with Gasteiger partial charge in [-0.1, -0.05) is 11.6 Å². The summed E-state index contributed by atoms with van der Waals surface area (Å²) in [7, 11) is -3.64. The van der Waals surface area contributed by atoms with Gasteiger partial charge in [0, 0.05) is 32.2 Å². The van der Waals surface area contributed by atoms with E-state index in [0.29, 0.717) is 43.3 Å². The molecule has 1 N–H and O–H groups in total. The zero-order valence-electron chi connectivity index (χ0n) is 15.5. The van der Waals surface area contributed by atoms with Gasteiger partial charge in [-0.2, -0.15) is 4.31 Å². The lowest BCUT2D eigenvalue weighted by molar-refractivity contribution is -0.126. The van der Waals surface area contributed by atoms with E-state index in [2.05, 4.69) is 15.3 Å². The number of halogens is 1. The van der Waals surface area contributed by atoms with Crippen LogP contribution < -0.4 is 5.32 Å². The summed E-state index contributed by atoms with van der Waals surface area (Å²) in [6, 6.07) is 4.72. The molecule has 2 fully saturated rings. The third kappa shape index (κ3) is 3.98. The quantitative estimate of drug-likeness (QED) is 0.777. The molecule has 2 aliphatic rings. The lowest BCUT2D eigenvalue weighted by Gasteiger charge is -2.36. The number of rotatable bonds is 5. The molecule has 2 heterocycles. The van der Waals surface area contributed by atoms with Gasteiger partial charge in [0.25, 0.3) is 0 Å². The number of carbonyl (C=O) groups excluding carboxylic acids is 1. The molecule has 0 radical (unpaired) electrons. The number of nitrogens with one attached hydrogen (secondary N) is 1. The predicted molar refractivity (Wildman–Crippen MR) is 106 cm³/mol. The molecular weight excluding hydrogens is 402 g/mol. The van der Waals surface area contributed by atoms with Crippen LogP contribution in [0.3, 0.4) is 0 Å². The van der Waals surface area contributed by atoms with Crippen molar-refractivity contribution in [2.24, 2.45) is 0 Å². The third-order valence-corrected chi connectivity index (χ3v) is 7.32. The monoisotopic (exact) mass is 423 g/mol. The van der Waals surface area contributed by atoms with E-state index in [0.717, 1.165) is 12.8 Å². The fourth-order valence-electron chi connectivity index (χ4n) is 3.32. The summed E-state index contributed by atoms with van der Waals surface area (Å²) in [5, 5.41) is 3.27. The Bertz CT molecular complexity index is 1000. The van der Waals surface area contributed by atoms with Gasteiger partial charge in [-0.3, -0.25) is 14.7 Å². The first-order valence-corrected chi connectivity index (χ1v) is 11.1. The normalized spacial score (nSPS) is 20.2. The Labute approximate surface area is 168 Å². The van der Waals surface area contributed by atoms with Crippen LogP contribution in [-0.4, -0.2) is 71.8 Å². The maximum absolute atomic E-state index is 13.0. The van der Waals surface area contributed by atoms with Crippen LogP contribution in [0.1, 0.15) is 19.8 Å². The van der Waals surface area contributed by atoms with Crippen molar-refractivity contribution in [3.8, 4) is 0 Å². The number of carbonyl (C=O) groups is 1. The maximum Gasteiger partial charge on any atom is 0.243 e. The fourth-order valence-corrected chi connectivity index (χ4v) is 4.91. The predicted octanol–water partition coefficient (Wildman–Crippen LogP) is 1.26. The summed E-state index contributed by atoms with van der Waals surface area (Å²) in [5.74, 6) is 0.0190. The van der Waals surface area contributed by atoms with Gasteiger partial charge in [0.15, 0.2) is 0 Å². The van der Waals surface area contributed by atoms with Crippen LogP contribution in [0.4, 0.5) is 0 Å². The van der Waals surface area contributed by atoms with Crippen molar-refractivity contribution in [3.63, 3.8) is 0 Å². The van der Waals surface area contributed by atoms with Gasteiger partial charge in [0.1, 0.15) is 5.15 Å². The highest BCUT2D eigenvalue weighted by atomic mass is 35.5. The van der Waals surface area contributed by atoms with Crippen molar-refractivity contribution in [1.29, 1.82) is 0 Å². The van der Waals surface area contributed by atoms with Gasteiger partial charge in [-0.05, 0) is 38.0 Å². The van der Waals surface area contributed by atoms with E-state index in [-0.39, 0.29) is 22.0 Å². The molecule has 1 aromatic heterocycles. The fraction of sp³-hybridized carbons (Fsp3) is 0.500. The van der Waals surface area contributed by atoms with Crippen LogP contribution in [-0.2, 0) is 14.8 Å². The molecule has 10 heteroatoms. The zero-order chi connectivity index (χ0) is 19.9. The number of fused-ring (bicyclic) bond motifs is 1. The van der Waals surface area contributed by atoms with Crippen LogP contribution in [0.5, 0.6) is 0 Å². The summed E-state index contributed by atoms with van der Waals surface area (Å²) in [4.78, 5) is 22.7. The smallest absolute Gasteiger partial charge is 0.243 e. The molecule has 1 amide bonds. The number of amides is 1. The highest BCUT2D eigenvalue weighted by Crippen LogP contribution is 2.23. The van der Waals surface area contributed by atoms with Crippen LogP contribution >= 0.6 is 11.6 Å². The summed E-state index contributed by atoms with van der Waals surface area (Å²) < 4.78 is 27.5. The number of nitrogens with zero attached hydrogens (tertiary/aromatic N) is 4. The first kappa shape index (κ1) is 19.5. The van der Waals surface area contributed by atoms with E-state index in [1.165, 1.54) is 22.6 Å². The van der Waals surface area contributed by atoms with E-state index >= 15 is 0 Å². The van der Waals surface area contributed by atoms with Crippen molar-refractivity contribution in [1.82, 2.24) is 24.5 Å². The molecule has 0 spiro atoms. The second-order valence-electron chi connectivity index (χ2n) is 7.24. The number of hydrogen-bond acceptors (Lipinski definition) is 6. The summed E-state index contributed by atoms with van der Waals surface area (Å²) in [6.07, 6.45) is 3.49. The van der Waals surface area contributed by atoms with Crippen molar-refractivity contribution >= 4 is 38.6 Å². The third-order valence-electron chi connectivity index (χ3n) is 5.25. The molecule has 1 atom stereocenters. The van der Waals surface area contributed by atoms with Gasteiger partial charge in [-0.25, -0.2) is 13.4 Å². The summed E-state index contributed by atoms with van der Waals surface area (Å²) in [6.45, 7) is 3.58. The minimum Gasteiger partial charge on any atom is -0.352 e. The Morgan fingerprint density at radius 1 is 1.21 bits per heavy atom. The Morgan fingerprint density at radius 2 is 1.93 bits per heavy atom. The van der Waals surface area contributed by atoms with Gasteiger partial charge in [0.2, 0.25) is 15.9 Å². The molecule has 2 aromatic rings. The van der Waals surface area contributed by atoms with Gasteiger partial charge in [-0.15, -0.1) is 0 Å². The lowest BCUT2D eigenvalue weighted by Crippen LogP contribution is -2.55. The van der Waals surface area contributed by atoms with E-state index in [1.54, 1.807) is 6.07 Å². The first-order valence-electron chi connectivity index (χ1n) is 9.31. The first-order chi connectivity index (χ1) is 13.3. The number of benzene rings is 1. The molecule has 1 aliphatic heterocycles. The van der Waals surface area contributed by atoms with E-state index in [1.807, 2.05) is 11.8 Å². The van der Waals surface area contributed by atoms with Gasteiger partial charge >= 0.3 is 0 Å².